The van der Waals surface area contributed by atoms with Crippen LogP contribution in [0, 0.1) is 0 Å². The average Bonchev–Trinajstić information content (AvgIpc) is 3.04. The standard InChI is InChI=1S/2C9H11.Zr/c2*1-2-3-6-9-7-4-5-8-9;/h2*2,4,7H,1,3,5-6H2;. The van der Waals surface area contributed by atoms with Crippen molar-refractivity contribution >= 4 is 0 Å². The molecule has 0 bridgehead atoms. The molecule has 0 nitrogen and oxygen atoms in total. The van der Waals surface area contributed by atoms with Crippen LogP contribution in [-0.4, -0.2) is 0 Å². The van der Waals surface area contributed by atoms with Gasteiger partial charge in [-0.1, -0.05) is 0 Å². The van der Waals surface area contributed by atoms with Gasteiger partial charge in [-0.3, -0.25) is 0 Å². The van der Waals surface area contributed by atoms with Gasteiger partial charge in [-0.25, -0.2) is 0 Å². The molecule has 0 fully saturated rings. The predicted octanol–water partition coefficient (Wildman–Crippen LogP) is 5.43. The Morgan fingerprint density at radius 1 is 0.895 bits per heavy atom. The summed E-state index contributed by atoms with van der Waals surface area (Å²) in [7, 11) is 0. The third-order valence-corrected chi connectivity index (χ3v) is 7.66. The molecule has 0 saturated heterocycles. The van der Waals surface area contributed by atoms with E-state index in [4.69, 9.17) is 0 Å². The molecule has 0 N–H and O–H groups in total. The Bertz CT molecular complexity index is 428. The van der Waals surface area contributed by atoms with Crippen LogP contribution >= 0.6 is 0 Å². The molecule has 19 heavy (non-hydrogen) atoms. The van der Waals surface area contributed by atoms with E-state index in [1.165, 1.54) is 25.7 Å². The summed E-state index contributed by atoms with van der Waals surface area (Å²) >= 11 is -0.532. The predicted molar refractivity (Wildman–Crippen MR) is 80.4 cm³/mol. The molecule has 0 aromatic heterocycles. The van der Waals surface area contributed by atoms with Gasteiger partial charge in [0, 0.05) is 0 Å². The maximum atomic E-state index is 3.83. The second-order valence-electron chi connectivity index (χ2n) is 5.00. The number of allylic oxidation sites excluding steroid dienone is 10. The SMILES string of the molecule is C=CCCC1=[C]([Zr][C]2=C(CCC=C)C=CC2)CC=C1. The van der Waals surface area contributed by atoms with Gasteiger partial charge in [0.25, 0.3) is 0 Å². The van der Waals surface area contributed by atoms with Crippen molar-refractivity contribution in [2.45, 2.75) is 38.5 Å². The Labute approximate surface area is 128 Å². The van der Waals surface area contributed by atoms with Crippen molar-refractivity contribution in [2.24, 2.45) is 0 Å². The van der Waals surface area contributed by atoms with Crippen molar-refractivity contribution in [1.29, 1.82) is 0 Å². The Hall–Kier alpha value is -0.677. The number of hydrogen-bond donors (Lipinski definition) is 0. The van der Waals surface area contributed by atoms with Crippen molar-refractivity contribution in [3.63, 3.8) is 0 Å². The minimum atomic E-state index is -0.532. The molecule has 2 aliphatic carbocycles. The fourth-order valence-electron chi connectivity index (χ4n) is 2.53. The van der Waals surface area contributed by atoms with Gasteiger partial charge in [0.05, 0.1) is 0 Å². The van der Waals surface area contributed by atoms with E-state index in [0.717, 1.165) is 12.8 Å². The summed E-state index contributed by atoms with van der Waals surface area (Å²) in [5.41, 5.74) is 3.24. The number of rotatable bonds is 8. The molecule has 0 aromatic carbocycles. The molecule has 98 valence electrons. The summed E-state index contributed by atoms with van der Waals surface area (Å²) in [4.78, 5) is 0. The molecule has 0 aromatic rings. The quantitative estimate of drug-likeness (QED) is 0.521. The van der Waals surface area contributed by atoms with Crippen molar-refractivity contribution in [3.05, 3.63) is 67.3 Å². The maximum absolute atomic E-state index is 3.83. The first-order valence-electron chi connectivity index (χ1n) is 7.11. The summed E-state index contributed by atoms with van der Waals surface area (Å²) in [6.07, 6.45) is 20.5. The van der Waals surface area contributed by atoms with Gasteiger partial charge >= 0.3 is 129 Å². The summed E-state index contributed by atoms with van der Waals surface area (Å²) in [6, 6.07) is 0. The Balaban J connectivity index is 2.03. The van der Waals surface area contributed by atoms with Crippen molar-refractivity contribution in [1.82, 2.24) is 0 Å². The first-order valence-corrected chi connectivity index (χ1v) is 9.57. The van der Waals surface area contributed by atoms with E-state index in [9.17, 15) is 0 Å². The van der Waals surface area contributed by atoms with E-state index in [1.807, 2.05) is 12.2 Å². The van der Waals surface area contributed by atoms with Crippen LogP contribution in [0.5, 0.6) is 0 Å². The van der Waals surface area contributed by atoms with Gasteiger partial charge in [0.15, 0.2) is 0 Å². The van der Waals surface area contributed by atoms with Gasteiger partial charge in [0.1, 0.15) is 0 Å². The molecule has 1 heteroatoms. The van der Waals surface area contributed by atoms with E-state index >= 15 is 0 Å². The summed E-state index contributed by atoms with van der Waals surface area (Å²) in [5.74, 6) is 0. The zero-order valence-electron chi connectivity index (χ0n) is 11.6. The van der Waals surface area contributed by atoms with Crippen molar-refractivity contribution < 1.29 is 23.2 Å². The van der Waals surface area contributed by atoms with Crippen LogP contribution < -0.4 is 0 Å². The Morgan fingerprint density at radius 2 is 1.37 bits per heavy atom. The fourth-order valence-corrected chi connectivity index (χ4v) is 6.32. The van der Waals surface area contributed by atoms with Crippen LogP contribution in [0.15, 0.2) is 67.3 Å². The molecule has 0 saturated carbocycles. The van der Waals surface area contributed by atoms with Crippen LogP contribution in [0.2, 0.25) is 0 Å². The molecule has 2 rings (SSSR count). The van der Waals surface area contributed by atoms with E-state index in [-0.39, 0.29) is 0 Å². The Morgan fingerprint density at radius 3 is 1.79 bits per heavy atom. The Kier molecular flexibility index (Phi) is 6.05. The zero-order valence-corrected chi connectivity index (χ0v) is 14.1. The van der Waals surface area contributed by atoms with Gasteiger partial charge in [-0.2, -0.15) is 0 Å². The third-order valence-electron chi connectivity index (χ3n) is 3.59. The van der Waals surface area contributed by atoms with E-state index in [0.29, 0.717) is 0 Å². The van der Waals surface area contributed by atoms with Crippen molar-refractivity contribution in [3.8, 4) is 0 Å². The third kappa shape index (κ3) is 4.15. The first kappa shape index (κ1) is 14.7. The molecule has 0 heterocycles. The van der Waals surface area contributed by atoms with E-state index < -0.39 is 23.2 Å². The van der Waals surface area contributed by atoms with Crippen LogP contribution in [0.25, 0.3) is 0 Å². The average molecular weight is 330 g/mol. The van der Waals surface area contributed by atoms with Crippen LogP contribution in [0.4, 0.5) is 0 Å². The van der Waals surface area contributed by atoms with Gasteiger partial charge in [-0.05, 0) is 0 Å². The van der Waals surface area contributed by atoms with Crippen molar-refractivity contribution in [2.75, 3.05) is 0 Å². The zero-order chi connectivity index (χ0) is 13.5. The van der Waals surface area contributed by atoms with Crippen LogP contribution in [0.3, 0.4) is 0 Å². The second kappa shape index (κ2) is 7.80. The monoisotopic (exact) mass is 328 g/mol. The van der Waals surface area contributed by atoms with Gasteiger partial charge < -0.3 is 0 Å². The molecule has 2 aliphatic rings. The molecule has 0 amide bonds. The fraction of sp³-hybridized carbons (Fsp3) is 0.333. The van der Waals surface area contributed by atoms with Gasteiger partial charge in [0.2, 0.25) is 0 Å². The summed E-state index contributed by atoms with van der Waals surface area (Å²) in [6.45, 7) is 7.67. The molecule has 0 radical (unpaired) electrons. The molecule has 0 unspecified atom stereocenters. The molecule has 0 atom stereocenters. The van der Waals surface area contributed by atoms with Crippen LogP contribution in [-0.2, 0) is 23.2 Å². The molecular weight excluding hydrogens is 307 g/mol. The first-order chi connectivity index (χ1) is 9.35. The molecule has 0 aliphatic heterocycles. The molecular formula is C18H22Zr. The summed E-state index contributed by atoms with van der Waals surface area (Å²) < 4.78 is 3.58. The normalized spacial score (nSPS) is 17.5. The number of hydrogen-bond acceptors (Lipinski definition) is 0. The topological polar surface area (TPSA) is 0 Å². The van der Waals surface area contributed by atoms with Crippen LogP contribution in [0.1, 0.15) is 38.5 Å². The van der Waals surface area contributed by atoms with E-state index in [1.54, 1.807) is 17.7 Å². The van der Waals surface area contributed by atoms with E-state index in [2.05, 4.69) is 37.5 Å². The molecule has 0 spiro atoms. The minimum absolute atomic E-state index is 0.532. The second-order valence-corrected chi connectivity index (χ2v) is 8.58. The van der Waals surface area contributed by atoms with Gasteiger partial charge in [-0.15, -0.1) is 0 Å². The summed E-state index contributed by atoms with van der Waals surface area (Å²) in [5, 5.41) is 0.